The highest BCUT2D eigenvalue weighted by Gasteiger charge is 2.23. The van der Waals surface area contributed by atoms with Crippen molar-refractivity contribution in [2.24, 2.45) is 0 Å². The third kappa shape index (κ3) is 4.86. The molecule has 0 N–H and O–H groups in total. The van der Waals surface area contributed by atoms with Crippen LogP contribution in [-0.4, -0.2) is 19.1 Å². The fourth-order valence-electron chi connectivity index (χ4n) is 8.87. The third-order valence-corrected chi connectivity index (χ3v) is 12.6. The molecule has 4 nitrogen and oxygen atoms in total. The minimum atomic E-state index is 0.697. The fraction of sp³-hybridized carbons (Fsp3) is 0. The van der Waals surface area contributed by atoms with Crippen LogP contribution in [-0.2, 0) is 0 Å². The second-order valence-electron chi connectivity index (χ2n) is 14.5. The van der Waals surface area contributed by atoms with Gasteiger partial charge in [0.1, 0.15) is 5.82 Å². The summed E-state index contributed by atoms with van der Waals surface area (Å²) in [6, 6.07) is 69.3. The molecule has 4 heterocycles. The lowest BCUT2D eigenvalue weighted by Gasteiger charge is -2.12. The van der Waals surface area contributed by atoms with Gasteiger partial charge >= 0.3 is 0 Å². The van der Waals surface area contributed by atoms with Crippen molar-refractivity contribution >= 4 is 75.1 Å². The molecule has 0 aliphatic heterocycles. The van der Waals surface area contributed by atoms with E-state index in [1.54, 1.807) is 0 Å². The van der Waals surface area contributed by atoms with Gasteiger partial charge in [-0.25, -0.2) is 9.97 Å². The Labute approximate surface area is 332 Å². The second-order valence-corrected chi connectivity index (χ2v) is 15.6. The van der Waals surface area contributed by atoms with E-state index in [0.717, 1.165) is 33.7 Å². The normalized spacial score (nSPS) is 11.9. The summed E-state index contributed by atoms with van der Waals surface area (Å²) in [5.41, 5.74) is 11.2. The summed E-state index contributed by atoms with van der Waals surface area (Å²) in [5.74, 6) is 1.53. The van der Waals surface area contributed by atoms with Crippen molar-refractivity contribution in [3.05, 3.63) is 194 Å². The Kier molecular flexibility index (Phi) is 7.06. The van der Waals surface area contributed by atoms with Crippen LogP contribution in [0.1, 0.15) is 0 Å². The molecule has 57 heavy (non-hydrogen) atoms. The summed E-state index contributed by atoms with van der Waals surface area (Å²) in [4.78, 5) is 10.4. The Bertz CT molecular complexity index is 3450. The molecule has 0 unspecified atom stereocenters. The van der Waals surface area contributed by atoms with E-state index in [0.29, 0.717) is 5.82 Å². The van der Waals surface area contributed by atoms with Crippen LogP contribution in [0.15, 0.2) is 194 Å². The number of nitrogens with zero attached hydrogens (tertiary/aromatic N) is 4. The van der Waals surface area contributed by atoms with Crippen LogP contribution in [0.2, 0.25) is 0 Å². The van der Waals surface area contributed by atoms with Crippen LogP contribution in [0.5, 0.6) is 0 Å². The molecular formula is C52H32N4S. The van der Waals surface area contributed by atoms with E-state index in [1.807, 2.05) is 35.6 Å². The Morgan fingerprint density at radius 3 is 1.58 bits per heavy atom. The maximum atomic E-state index is 5.30. The molecule has 5 heteroatoms. The largest absolute Gasteiger partial charge is 0.308 e. The summed E-state index contributed by atoms with van der Waals surface area (Å²) >= 11 is 1.89. The molecule has 8 aromatic carbocycles. The fourth-order valence-corrected chi connectivity index (χ4v) is 10.2. The molecule has 0 atom stereocenters. The lowest BCUT2D eigenvalue weighted by molar-refractivity contribution is 1.05. The van der Waals surface area contributed by atoms with Crippen LogP contribution >= 0.6 is 11.3 Å². The molecular weight excluding hydrogens is 713 g/mol. The van der Waals surface area contributed by atoms with Crippen LogP contribution in [0.4, 0.5) is 0 Å². The first-order valence-corrected chi connectivity index (χ1v) is 20.1. The second kappa shape index (κ2) is 12.6. The van der Waals surface area contributed by atoms with Gasteiger partial charge in [0.2, 0.25) is 0 Å². The van der Waals surface area contributed by atoms with Gasteiger partial charge in [-0.3, -0.25) is 4.57 Å². The number of hydrogen-bond donors (Lipinski definition) is 0. The number of rotatable bonds is 5. The summed E-state index contributed by atoms with van der Waals surface area (Å²) in [7, 11) is 0. The topological polar surface area (TPSA) is 35.6 Å². The van der Waals surface area contributed by atoms with Gasteiger partial charge in [-0.1, -0.05) is 158 Å². The standard InChI is InChI=1S/C52H32N4S/c1-4-16-33(17-5-1)36-24-14-25-37-38-26-15-29-46(51(38)57-50(36)37)55-42-27-12-10-22-39(42)48-44(55)30-31-45-49(48)40-23-11-13-28-43(40)56(45)47-32-41(34-18-6-2-7-19-34)53-52(54-47)35-20-8-3-9-21-35/h1-32H. The quantitative estimate of drug-likeness (QED) is 0.176. The van der Waals surface area contributed by atoms with Crippen molar-refractivity contribution in [1.29, 1.82) is 0 Å². The monoisotopic (exact) mass is 744 g/mol. The molecule has 0 bridgehead atoms. The van der Waals surface area contributed by atoms with Crippen molar-refractivity contribution in [3.8, 4) is 45.3 Å². The van der Waals surface area contributed by atoms with Crippen LogP contribution in [0.3, 0.4) is 0 Å². The van der Waals surface area contributed by atoms with E-state index in [1.165, 1.54) is 69.6 Å². The van der Waals surface area contributed by atoms with Gasteiger partial charge in [-0.05, 0) is 41.5 Å². The van der Waals surface area contributed by atoms with E-state index in [4.69, 9.17) is 9.97 Å². The lowest BCUT2D eigenvalue weighted by atomic mass is 10.0. The number of aromatic nitrogens is 4. The maximum Gasteiger partial charge on any atom is 0.162 e. The molecule has 12 rings (SSSR count). The Morgan fingerprint density at radius 1 is 0.368 bits per heavy atom. The zero-order valence-corrected chi connectivity index (χ0v) is 31.5. The number of para-hydroxylation sites is 2. The molecule has 0 saturated carbocycles. The molecule has 0 aliphatic carbocycles. The molecule has 0 saturated heterocycles. The zero-order valence-electron chi connectivity index (χ0n) is 30.7. The first-order valence-electron chi connectivity index (χ1n) is 19.3. The van der Waals surface area contributed by atoms with E-state index in [-0.39, 0.29) is 0 Å². The van der Waals surface area contributed by atoms with Gasteiger partial charge in [0.25, 0.3) is 0 Å². The first kappa shape index (κ1) is 32.0. The van der Waals surface area contributed by atoms with Crippen molar-refractivity contribution < 1.29 is 0 Å². The van der Waals surface area contributed by atoms with Crippen molar-refractivity contribution in [2.45, 2.75) is 0 Å². The van der Waals surface area contributed by atoms with E-state index >= 15 is 0 Å². The average molecular weight is 745 g/mol. The highest BCUT2D eigenvalue weighted by atomic mass is 32.1. The van der Waals surface area contributed by atoms with E-state index in [2.05, 4.69) is 179 Å². The summed E-state index contributed by atoms with van der Waals surface area (Å²) in [5, 5.41) is 7.44. The van der Waals surface area contributed by atoms with Crippen LogP contribution in [0.25, 0.3) is 109 Å². The Morgan fingerprint density at radius 2 is 0.895 bits per heavy atom. The van der Waals surface area contributed by atoms with Crippen molar-refractivity contribution in [2.75, 3.05) is 0 Å². The smallest absolute Gasteiger partial charge is 0.162 e. The molecule has 0 spiro atoms. The molecule has 4 aromatic heterocycles. The number of benzene rings is 8. The minimum absolute atomic E-state index is 0.697. The van der Waals surface area contributed by atoms with Gasteiger partial charge in [-0.2, -0.15) is 0 Å². The average Bonchev–Trinajstić information content (AvgIpc) is 3.95. The molecule has 0 radical (unpaired) electrons. The molecule has 266 valence electrons. The summed E-state index contributed by atoms with van der Waals surface area (Å²) < 4.78 is 7.41. The predicted octanol–water partition coefficient (Wildman–Crippen LogP) is 14.0. The van der Waals surface area contributed by atoms with Crippen molar-refractivity contribution in [1.82, 2.24) is 19.1 Å². The first-order chi connectivity index (χ1) is 28.3. The zero-order chi connectivity index (χ0) is 37.5. The van der Waals surface area contributed by atoms with E-state index < -0.39 is 0 Å². The third-order valence-electron chi connectivity index (χ3n) is 11.3. The minimum Gasteiger partial charge on any atom is -0.308 e. The van der Waals surface area contributed by atoms with Gasteiger partial charge in [0, 0.05) is 54.2 Å². The van der Waals surface area contributed by atoms with E-state index in [9.17, 15) is 0 Å². The SMILES string of the molecule is c1ccc(-c2cc(-n3c4ccccc4c4c5c6ccccc6n(-c6cccc7c6sc6c(-c8ccccc8)cccc67)c5ccc43)nc(-c3ccccc3)n2)cc1. The summed E-state index contributed by atoms with van der Waals surface area (Å²) in [6.45, 7) is 0. The number of hydrogen-bond acceptors (Lipinski definition) is 3. The van der Waals surface area contributed by atoms with Crippen molar-refractivity contribution in [3.63, 3.8) is 0 Å². The number of fused-ring (bicyclic) bond motifs is 10. The Hall–Kier alpha value is -7.34. The highest BCUT2D eigenvalue weighted by Crippen LogP contribution is 2.46. The van der Waals surface area contributed by atoms with Gasteiger partial charge in [-0.15, -0.1) is 11.3 Å². The molecule has 12 aromatic rings. The van der Waals surface area contributed by atoms with Gasteiger partial charge in [0.15, 0.2) is 5.82 Å². The predicted molar refractivity (Wildman–Crippen MR) is 240 cm³/mol. The molecule has 0 amide bonds. The molecule has 0 aliphatic rings. The number of thiophene rings is 1. The Balaban J connectivity index is 1.16. The molecule has 0 fully saturated rings. The van der Waals surface area contributed by atoms with Crippen LogP contribution < -0.4 is 0 Å². The summed E-state index contributed by atoms with van der Waals surface area (Å²) in [6.07, 6.45) is 0. The van der Waals surface area contributed by atoms with Gasteiger partial charge in [0.05, 0.1) is 38.1 Å². The van der Waals surface area contributed by atoms with Gasteiger partial charge < -0.3 is 4.57 Å². The maximum absolute atomic E-state index is 5.30. The van der Waals surface area contributed by atoms with Crippen LogP contribution in [0, 0.1) is 0 Å². The highest BCUT2D eigenvalue weighted by molar-refractivity contribution is 7.26. The lowest BCUT2D eigenvalue weighted by Crippen LogP contribution is -2.02.